The lowest BCUT2D eigenvalue weighted by molar-refractivity contribution is -0.140. The standard InChI is InChI=1S/C24H25NO5/c1-24(2,3)25(14-16-9-5-4-6-10-16)21(27)15-30-23(29)19-13-20(26)17-11-7-8-12-18(17)22(19)28/h4-13,26,28H,14-15H2,1-3H3. The largest absolute Gasteiger partial charge is 0.507 e. The first-order chi connectivity index (χ1) is 14.2. The number of phenols is 2. The van der Waals surface area contributed by atoms with Gasteiger partial charge in [0.05, 0.1) is 0 Å². The minimum absolute atomic E-state index is 0.151. The molecule has 0 aliphatic rings. The third kappa shape index (κ3) is 4.54. The van der Waals surface area contributed by atoms with E-state index in [4.69, 9.17) is 4.74 Å². The minimum Gasteiger partial charge on any atom is -0.507 e. The fourth-order valence-corrected chi connectivity index (χ4v) is 3.24. The summed E-state index contributed by atoms with van der Waals surface area (Å²) in [7, 11) is 0. The van der Waals surface area contributed by atoms with Gasteiger partial charge in [-0.1, -0.05) is 54.6 Å². The number of esters is 1. The number of carbonyl (C=O) groups excluding carboxylic acids is 2. The second-order valence-corrected chi connectivity index (χ2v) is 8.05. The molecule has 0 bridgehead atoms. The van der Waals surface area contributed by atoms with E-state index < -0.39 is 18.1 Å². The molecule has 6 heteroatoms. The van der Waals surface area contributed by atoms with E-state index in [1.165, 1.54) is 0 Å². The Labute approximate surface area is 175 Å². The quantitative estimate of drug-likeness (QED) is 0.488. The van der Waals surface area contributed by atoms with E-state index in [0.717, 1.165) is 11.6 Å². The van der Waals surface area contributed by atoms with Gasteiger partial charge in [0.25, 0.3) is 5.91 Å². The zero-order valence-corrected chi connectivity index (χ0v) is 17.3. The number of fused-ring (bicyclic) bond motifs is 1. The van der Waals surface area contributed by atoms with Crippen molar-refractivity contribution in [3.05, 3.63) is 71.8 Å². The van der Waals surface area contributed by atoms with Gasteiger partial charge in [0, 0.05) is 22.9 Å². The Kier molecular flexibility index (Phi) is 5.96. The summed E-state index contributed by atoms with van der Waals surface area (Å²) < 4.78 is 5.19. The zero-order chi connectivity index (χ0) is 21.9. The molecule has 0 aromatic heterocycles. The van der Waals surface area contributed by atoms with Crippen LogP contribution in [0.5, 0.6) is 11.5 Å². The third-order valence-corrected chi connectivity index (χ3v) is 4.84. The molecule has 1 amide bonds. The lowest BCUT2D eigenvalue weighted by Gasteiger charge is -2.35. The van der Waals surface area contributed by atoms with Crippen molar-refractivity contribution in [1.29, 1.82) is 0 Å². The van der Waals surface area contributed by atoms with E-state index in [2.05, 4.69) is 0 Å². The molecule has 3 aromatic rings. The van der Waals surface area contributed by atoms with Gasteiger partial charge in [-0.2, -0.15) is 0 Å². The molecule has 6 nitrogen and oxygen atoms in total. The van der Waals surface area contributed by atoms with Crippen LogP contribution in [0.2, 0.25) is 0 Å². The van der Waals surface area contributed by atoms with Crippen LogP contribution in [0.25, 0.3) is 10.8 Å². The van der Waals surface area contributed by atoms with Gasteiger partial charge < -0.3 is 19.8 Å². The highest BCUT2D eigenvalue weighted by atomic mass is 16.5. The number of hydrogen-bond acceptors (Lipinski definition) is 5. The predicted molar refractivity (Wildman–Crippen MR) is 114 cm³/mol. The van der Waals surface area contributed by atoms with Crippen LogP contribution < -0.4 is 0 Å². The summed E-state index contributed by atoms with van der Waals surface area (Å²) in [6.07, 6.45) is 0. The maximum Gasteiger partial charge on any atom is 0.342 e. The summed E-state index contributed by atoms with van der Waals surface area (Å²) in [6.45, 7) is 5.62. The molecule has 0 heterocycles. The molecule has 0 aliphatic heterocycles. The van der Waals surface area contributed by atoms with Crippen LogP contribution in [-0.4, -0.2) is 39.1 Å². The first kappa shape index (κ1) is 21.2. The average molecular weight is 407 g/mol. The summed E-state index contributed by atoms with van der Waals surface area (Å²) in [5.41, 5.74) is 0.288. The molecule has 0 atom stereocenters. The number of benzene rings is 3. The highest BCUT2D eigenvalue weighted by molar-refractivity contribution is 6.04. The van der Waals surface area contributed by atoms with Crippen molar-refractivity contribution in [2.24, 2.45) is 0 Å². The summed E-state index contributed by atoms with van der Waals surface area (Å²) >= 11 is 0. The van der Waals surface area contributed by atoms with E-state index in [1.807, 2.05) is 51.1 Å². The molecule has 0 saturated carbocycles. The summed E-state index contributed by atoms with van der Waals surface area (Å²) in [5, 5.41) is 21.4. The van der Waals surface area contributed by atoms with Gasteiger partial charge in [-0.25, -0.2) is 4.79 Å². The second kappa shape index (κ2) is 8.45. The van der Waals surface area contributed by atoms with Crippen LogP contribution in [0.4, 0.5) is 0 Å². The molecule has 0 fully saturated rings. The number of carbonyl (C=O) groups is 2. The normalized spacial score (nSPS) is 11.3. The van der Waals surface area contributed by atoms with Gasteiger partial charge in [-0.15, -0.1) is 0 Å². The molecule has 2 N–H and O–H groups in total. The van der Waals surface area contributed by atoms with Gasteiger partial charge >= 0.3 is 5.97 Å². The zero-order valence-electron chi connectivity index (χ0n) is 17.3. The van der Waals surface area contributed by atoms with Crippen molar-refractivity contribution in [1.82, 2.24) is 4.90 Å². The number of aromatic hydroxyl groups is 2. The second-order valence-electron chi connectivity index (χ2n) is 8.05. The summed E-state index contributed by atoms with van der Waals surface area (Å²) in [6, 6.07) is 17.3. The summed E-state index contributed by atoms with van der Waals surface area (Å²) in [4.78, 5) is 27.0. The minimum atomic E-state index is -0.879. The molecular formula is C24H25NO5. The molecule has 3 rings (SSSR count). The molecular weight excluding hydrogens is 382 g/mol. The molecule has 0 unspecified atom stereocenters. The van der Waals surface area contributed by atoms with E-state index in [9.17, 15) is 19.8 Å². The molecule has 0 radical (unpaired) electrons. The van der Waals surface area contributed by atoms with Gasteiger partial charge in [0.2, 0.25) is 0 Å². The molecule has 30 heavy (non-hydrogen) atoms. The van der Waals surface area contributed by atoms with Gasteiger partial charge in [-0.3, -0.25) is 4.79 Å². The third-order valence-electron chi connectivity index (χ3n) is 4.84. The fraction of sp³-hybridized carbons (Fsp3) is 0.250. The van der Waals surface area contributed by atoms with Crippen molar-refractivity contribution in [3.8, 4) is 11.5 Å². The van der Waals surface area contributed by atoms with Crippen LogP contribution in [0.1, 0.15) is 36.7 Å². The Morgan fingerprint density at radius 3 is 2.17 bits per heavy atom. The highest BCUT2D eigenvalue weighted by Crippen LogP contribution is 2.35. The van der Waals surface area contributed by atoms with E-state index in [-0.39, 0.29) is 23.0 Å². The maximum absolute atomic E-state index is 12.8. The van der Waals surface area contributed by atoms with E-state index in [0.29, 0.717) is 17.3 Å². The van der Waals surface area contributed by atoms with Crippen molar-refractivity contribution in [2.45, 2.75) is 32.9 Å². The Hall–Kier alpha value is -3.54. The smallest absolute Gasteiger partial charge is 0.342 e. The average Bonchev–Trinajstić information content (AvgIpc) is 2.72. The van der Waals surface area contributed by atoms with Crippen LogP contribution in [0.3, 0.4) is 0 Å². The van der Waals surface area contributed by atoms with Crippen molar-refractivity contribution in [3.63, 3.8) is 0 Å². The highest BCUT2D eigenvalue weighted by Gasteiger charge is 2.28. The molecule has 3 aromatic carbocycles. The van der Waals surface area contributed by atoms with Crippen molar-refractivity contribution >= 4 is 22.6 Å². The van der Waals surface area contributed by atoms with Crippen LogP contribution in [-0.2, 0) is 16.1 Å². The number of amides is 1. The molecule has 0 aliphatic carbocycles. The fourth-order valence-electron chi connectivity index (χ4n) is 3.24. The van der Waals surface area contributed by atoms with E-state index >= 15 is 0 Å². The van der Waals surface area contributed by atoms with Crippen LogP contribution >= 0.6 is 0 Å². The Morgan fingerprint density at radius 2 is 1.53 bits per heavy atom. The molecule has 156 valence electrons. The SMILES string of the molecule is CC(C)(C)N(Cc1ccccc1)C(=O)COC(=O)c1cc(O)c2ccccc2c1O. The predicted octanol–water partition coefficient (Wildman–Crippen LogP) is 4.24. The monoisotopic (exact) mass is 407 g/mol. The topological polar surface area (TPSA) is 87.1 Å². The lowest BCUT2D eigenvalue weighted by atomic mass is 10.0. The molecule has 0 saturated heterocycles. The van der Waals surface area contributed by atoms with Crippen LogP contribution in [0.15, 0.2) is 60.7 Å². The Bertz CT molecular complexity index is 1070. The number of ether oxygens (including phenoxy) is 1. The van der Waals surface area contributed by atoms with E-state index in [1.54, 1.807) is 29.2 Å². The Balaban J connectivity index is 1.76. The number of hydrogen-bond donors (Lipinski definition) is 2. The summed E-state index contributed by atoms with van der Waals surface area (Å²) in [5.74, 6) is -1.68. The number of phenolic OH excluding ortho intramolecular Hbond substituents is 2. The first-order valence-corrected chi connectivity index (χ1v) is 9.63. The van der Waals surface area contributed by atoms with Crippen LogP contribution in [0, 0.1) is 0 Å². The van der Waals surface area contributed by atoms with Gasteiger partial charge in [-0.05, 0) is 32.4 Å². The van der Waals surface area contributed by atoms with Gasteiger partial charge in [0.1, 0.15) is 17.1 Å². The maximum atomic E-state index is 12.8. The number of rotatable bonds is 5. The Morgan fingerprint density at radius 1 is 0.933 bits per heavy atom. The van der Waals surface area contributed by atoms with Crippen molar-refractivity contribution in [2.75, 3.05) is 6.61 Å². The number of nitrogens with zero attached hydrogens (tertiary/aromatic N) is 1. The molecule has 0 spiro atoms. The van der Waals surface area contributed by atoms with Gasteiger partial charge in [0.15, 0.2) is 6.61 Å². The lowest BCUT2D eigenvalue weighted by Crippen LogP contribution is -2.46. The first-order valence-electron chi connectivity index (χ1n) is 9.63. The van der Waals surface area contributed by atoms with Crippen molar-refractivity contribution < 1.29 is 24.5 Å².